The van der Waals surface area contributed by atoms with Gasteiger partial charge in [0.2, 0.25) is 5.91 Å². The number of carbonyl (C=O) groups excluding carboxylic acids is 1. The molecule has 1 aromatic heterocycles. The molecule has 24 heavy (non-hydrogen) atoms. The Morgan fingerprint density at radius 3 is 2.54 bits per heavy atom. The molecule has 0 spiro atoms. The van der Waals surface area contributed by atoms with Crippen LogP contribution in [0, 0.1) is 11.8 Å². The molecule has 2 saturated heterocycles. The van der Waals surface area contributed by atoms with E-state index in [0.29, 0.717) is 25.4 Å². The first kappa shape index (κ1) is 17.3. The predicted octanol–water partition coefficient (Wildman–Crippen LogP) is 0.00610. The van der Waals surface area contributed by atoms with Crippen molar-refractivity contribution in [2.75, 3.05) is 39.3 Å². The number of rotatable bonds is 6. The highest BCUT2D eigenvalue weighted by Crippen LogP contribution is 2.25. The zero-order valence-electron chi connectivity index (χ0n) is 14.3. The van der Waals surface area contributed by atoms with Gasteiger partial charge in [0.05, 0.1) is 6.54 Å². The van der Waals surface area contributed by atoms with E-state index in [9.17, 15) is 9.90 Å². The monoisotopic (exact) mass is 336 g/mol. The molecule has 0 aliphatic carbocycles. The maximum Gasteiger partial charge on any atom is 0.224 e. The van der Waals surface area contributed by atoms with E-state index < -0.39 is 0 Å². The molecule has 0 unspecified atom stereocenters. The minimum absolute atomic E-state index is 0.127. The quantitative estimate of drug-likeness (QED) is 0.787. The second kappa shape index (κ2) is 8.53. The largest absolute Gasteiger partial charge is 0.396 e. The molecule has 3 heterocycles. The van der Waals surface area contributed by atoms with E-state index in [1.807, 2.05) is 4.90 Å². The maximum atomic E-state index is 12.4. The van der Waals surface area contributed by atoms with Gasteiger partial charge >= 0.3 is 0 Å². The van der Waals surface area contributed by atoms with Crippen LogP contribution in [0.5, 0.6) is 0 Å². The van der Waals surface area contributed by atoms with Crippen molar-refractivity contribution in [3.8, 4) is 0 Å². The highest BCUT2D eigenvalue weighted by atomic mass is 16.3. The SMILES string of the molecule is O=C(CCn1cnnn1)N1C[C@@H](CO)[C@@H](CN2CCCCCC2)C1. The van der Waals surface area contributed by atoms with Gasteiger partial charge in [-0.3, -0.25) is 4.79 Å². The highest BCUT2D eigenvalue weighted by Gasteiger charge is 2.35. The first-order chi connectivity index (χ1) is 11.8. The maximum absolute atomic E-state index is 12.4. The molecule has 1 N–H and O–H groups in total. The molecule has 2 fully saturated rings. The van der Waals surface area contributed by atoms with Crippen LogP contribution in [0.4, 0.5) is 0 Å². The van der Waals surface area contributed by atoms with E-state index in [-0.39, 0.29) is 18.4 Å². The van der Waals surface area contributed by atoms with Crippen molar-refractivity contribution in [1.82, 2.24) is 30.0 Å². The van der Waals surface area contributed by atoms with Crippen molar-refractivity contribution in [3.05, 3.63) is 6.33 Å². The summed E-state index contributed by atoms with van der Waals surface area (Å²) in [5, 5.41) is 20.7. The molecule has 134 valence electrons. The third-order valence-corrected chi connectivity index (χ3v) is 5.30. The molecule has 0 bridgehead atoms. The van der Waals surface area contributed by atoms with Crippen molar-refractivity contribution in [1.29, 1.82) is 0 Å². The predicted molar refractivity (Wildman–Crippen MR) is 88.0 cm³/mol. The topological polar surface area (TPSA) is 87.4 Å². The number of amides is 1. The number of aliphatic hydroxyl groups excluding tert-OH is 1. The van der Waals surface area contributed by atoms with Gasteiger partial charge < -0.3 is 14.9 Å². The van der Waals surface area contributed by atoms with Crippen LogP contribution in [0.3, 0.4) is 0 Å². The lowest BCUT2D eigenvalue weighted by atomic mass is 9.96. The smallest absolute Gasteiger partial charge is 0.224 e. The summed E-state index contributed by atoms with van der Waals surface area (Å²) in [6.07, 6.45) is 7.12. The molecule has 0 saturated carbocycles. The lowest BCUT2D eigenvalue weighted by Crippen LogP contribution is -2.35. The van der Waals surface area contributed by atoms with Gasteiger partial charge in [-0.15, -0.1) is 5.10 Å². The fourth-order valence-corrected chi connectivity index (χ4v) is 3.86. The Labute approximate surface area is 142 Å². The zero-order valence-corrected chi connectivity index (χ0v) is 14.3. The number of nitrogens with zero attached hydrogens (tertiary/aromatic N) is 6. The number of aliphatic hydroxyl groups is 1. The minimum atomic E-state index is 0.127. The van der Waals surface area contributed by atoms with Crippen LogP contribution in [-0.2, 0) is 11.3 Å². The summed E-state index contributed by atoms with van der Waals surface area (Å²) in [6, 6.07) is 0. The Balaban J connectivity index is 1.50. The molecule has 8 nitrogen and oxygen atoms in total. The molecule has 0 radical (unpaired) electrons. The van der Waals surface area contributed by atoms with Crippen LogP contribution < -0.4 is 0 Å². The van der Waals surface area contributed by atoms with E-state index in [0.717, 1.165) is 26.2 Å². The van der Waals surface area contributed by atoms with Crippen molar-refractivity contribution in [2.24, 2.45) is 11.8 Å². The average Bonchev–Trinajstić information content (AvgIpc) is 3.18. The van der Waals surface area contributed by atoms with Gasteiger partial charge in [0.15, 0.2) is 0 Å². The van der Waals surface area contributed by atoms with E-state index in [4.69, 9.17) is 0 Å². The lowest BCUT2D eigenvalue weighted by Gasteiger charge is -2.26. The Morgan fingerprint density at radius 2 is 1.88 bits per heavy atom. The average molecular weight is 336 g/mol. The van der Waals surface area contributed by atoms with E-state index in [1.165, 1.54) is 32.0 Å². The number of tetrazole rings is 1. The summed E-state index contributed by atoms with van der Waals surface area (Å²) < 4.78 is 1.58. The van der Waals surface area contributed by atoms with Crippen molar-refractivity contribution in [3.63, 3.8) is 0 Å². The minimum Gasteiger partial charge on any atom is -0.396 e. The molecule has 1 amide bonds. The van der Waals surface area contributed by atoms with Crippen LogP contribution in [0.2, 0.25) is 0 Å². The van der Waals surface area contributed by atoms with Gasteiger partial charge in [-0.1, -0.05) is 12.8 Å². The number of aromatic nitrogens is 4. The van der Waals surface area contributed by atoms with Gasteiger partial charge in [0.25, 0.3) is 0 Å². The number of likely N-dealkylation sites (tertiary alicyclic amines) is 2. The Hall–Kier alpha value is -1.54. The number of hydrogen-bond donors (Lipinski definition) is 1. The summed E-state index contributed by atoms with van der Waals surface area (Å²) in [6.45, 7) is 5.41. The van der Waals surface area contributed by atoms with Gasteiger partial charge in [0.1, 0.15) is 6.33 Å². The first-order valence-corrected chi connectivity index (χ1v) is 9.08. The van der Waals surface area contributed by atoms with Crippen molar-refractivity contribution in [2.45, 2.75) is 38.6 Å². The van der Waals surface area contributed by atoms with E-state index in [2.05, 4.69) is 20.4 Å². The highest BCUT2D eigenvalue weighted by molar-refractivity contribution is 5.76. The molecule has 0 aromatic carbocycles. The molecule has 2 atom stereocenters. The Morgan fingerprint density at radius 1 is 1.12 bits per heavy atom. The summed E-state index contributed by atoms with van der Waals surface area (Å²) in [7, 11) is 0. The lowest BCUT2D eigenvalue weighted by molar-refractivity contribution is -0.130. The first-order valence-electron chi connectivity index (χ1n) is 9.08. The van der Waals surface area contributed by atoms with Gasteiger partial charge in [-0.25, -0.2) is 4.68 Å². The number of hydrogen-bond acceptors (Lipinski definition) is 6. The number of aryl methyl sites for hydroxylation is 1. The van der Waals surface area contributed by atoms with Crippen molar-refractivity contribution < 1.29 is 9.90 Å². The molecule has 3 rings (SSSR count). The third-order valence-electron chi connectivity index (χ3n) is 5.30. The molecule has 1 aromatic rings. The van der Waals surface area contributed by atoms with Crippen LogP contribution in [0.1, 0.15) is 32.1 Å². The van der Waals surface area contributed by atoms with Gasteiger partial charge in [0, 0.05) is 38.6 Å². The zero-order chi connectivity index (χ0) is 16.8. The summed E-state index contributed by atoms with van der Waals surface area (Å²) in [5.41, 5.74) is 0. The molecule has 2 aliphatic heterocycles. The second-order valence-corrected chi connectivity index (χ2v) is 7.04. The van der Waals surface area contributed by atoms with Crippen LogP contribution in [0.15, 0.2) is 6.33 Å². The number of carbonyl (C=O) groups is 1. The van der Waals surface area contributed by atoms with Gasteiger partial charge in [-0.05, 0) is 42.3 Å². The van der Waals surface area contributed by atoms with Crippen molar-refractivity contribution >= 4 is 5.91 Å². The van der Waals surface area contributed by atoms with E-state index >= 15 is 0 Å². The standard InChI is InChI=1S/C16H28N6O2/c23-12-15-11-21(16(24)5-8-22-13-17-18-19-22)10-14(15)9-20-6-3-1-2-4-7-20/h13-15,23H,1-12H2/t14-,15-/m0/s1. The summed E-state index contributed by atoms with van der Waals surface area (Å²) in [4.78, 5) is 16.9. The molecular weight excluding hydrogens is 308 g/mol. The van der Waals surface area contributed by atoms with E-state index in [1.54, 1.807) is 4.68 Å². The van der Waals surface area contributed by atoms with Crippen LogP contribution >= 0.6 is 0 Å². The molecular formula is C16H28N6O2. The van der Waals surface area contributed by atoms with Gasteiger partial charge in [-0.2, -0.15) is 0 Å². The fourth-order valence-electron chi connectivity index (χ4n) is 3.86. The molecule has 8 heteroatoms. The fraction of sp³-hybridized carbons (Fsp3) is 0.875. The second-order valence-electron chi connectivity index (χ2n) is 7.04. The molecule has 2 aliphatic rings. The van der Waals surface area contributed by atoms with Crippen LogP contribution in [0.25, 0.3) is 0 Å². The normalized spacial score (nSPS) is 25.8. The Kier molecular flexibility index (Phi) is 6.14. The Bertz CT molecular complexity index is 501. The summed E-state index contributed by atoms with van der Waals surface area (Å²) >= 11 is 0. The third kappa shape index (κ3) is 4.51. The van der Waals surface area contributed by atoms with Crippen LogP contribution in [-0.4, -0.2) is 80.4 Å². The summed E-state index contributed by atoms with van der Waals surface area (Å²) in [5.74, 6) is 0.706.